The number of nitrogens with zero attached hydrogens (tertiary/aromatic N) is 1. The number of likely N-dealkylation sites (tertiary alicyclic amines) is 1. The largest absolute Gasteiger partial charge is 0.478 e. The van der Waals surface area contributed by atoms with Crippen LogP contribution in [0.4, 0.5) is 0 Å². The lowest BCUT2D eigenvalue weighted by Gasteiger charge is -2.37. The molecule has 2 aromatic rings. The first kappa shape index (κ1) is 17.6. The number of carboxylic acids is 1. The zero-order valence-corrected chi connectivity index (χ0v) is 14.7. The number of carboxylic acid groups (broad SMARTS) is 1. The molecule has 0 aromatic heterocycles. The number of nitrogens with one attached hydrogen (secondary N) is 1. The van der Waals surface area contributed by atoms with Crippen molar-refractivity contribution < 1.29 is 9.90 Å². The molecule has 1 saturated heterocycles. The van der Waals surface area contributed by atoms with E-state index in [9.17, 15) is 4.79 Å². The van der Waals surface area contributed by atoms with E-state index in [1.807, 2.05) is 12.1 Å². The van der Waals surface area contributed by atoms with E-state index in [1.165, 1.54) is 5.56 Å². The van der Waals surface area contributed by atoms with Crippen LogP contribution >= 0.6 is 0 Å². The van der Waals surface area contributed by atoms with Gasteiger partial charge in [0.15, 0.2) is 0 Å². The maximum absolute atomic E-state index is 11.1. The maximum Gasteiger partial charge on any atom is 0.335 e. The number of benzene rings is 2. The molecular weight excluding hydrogens is 312 g/mol. The fourth-order valence-electron chi connectivity index (χ4n) is 3.58. The van der Waals surface area contributed by atoms with Gasteiger partial charge in [-0.15, -0.1) is 0 Å². The number of carbonyl (C=O) groups is 1. The summed E-state index contributed by atoms with van der Waals surface area (Å²) in [5.41, 5.74) is 2.75. The Bertz CT molecular complexity index is 702. The topological polar surface area (TPSA) is 52.6 Å². The summed E-state index contributed by atoms with van der Waals surface area (Å²) in [5.74, 6) is -0.301. The fraction of sp³-hybridized carbons (Fsp3) is 0.381. The second-order valence-corrected chi connectivity index (χ2v) is 6.98. The van der Waals surface area contributed by atoms with Gasteiger partial charge in [0.1, 0.15) is 0 Å². The quantitative estimate of drug-likeness (QED) is 0.848. The second-order valence-electron chi connectivity index (χ2n) is 6.98. The molecule has 0 amide bonds. The summed E-state index contributed by atoms with van der Waals surface area (Å²) in [6.07, 6.45) is 1.12. The summed E-state index contributed by atoms with van der Waals surface area (Å²) >= 11 is 0. The van der Waals surface area contributed by atoms with Crippen molar-refractivity contribution in [3.05, 3.63) is 71.3 Å². The van der Waals surface area contributed by atoms with Crippen LogP contribution in [-0.4, -0.2) is 35.1 Å². The molecule has 1 aliphatic heterocycles. The Morgan fingerprint density at radius 1 is 1.16 bits per heavy atom. The third kappa shape index (κ3) is 4.91. The third-order valence-corrected chi connectivity index (χ3v) is 4.98. The Morgan fingerprint density at radius 2 is 1.92 bits per heavy atom. The summed E-state index contributed by atoms with van der Waals surface area (Å²) in [4.78, 5) is 13.6. The average Bonchev–Trinajstić information content (AvgIpc) is 2.62. The van der Waals surface area contributed by atoms with Crippen molar-refractivity contribution in [2.75, 3.05) is 13.1 Å². The minimum Gasteiger partial charge on any atom is -0.478 e. The SMILES string of the molecule is CC1CN(Cc2ccccc2)CCC1NCc1cccc(C(=O)O)c1. The zero-order chi connectivity index (χ0) is 17.6. The van der Waals surface area contributed by atoms with E-state index in [0.717, 1.165) is 38.2 Å². The molecule has 1 fully saturated rings. The van der Waals surface area contributed by atoms with Crippen LogP contribution in [0.25, 0.3) is 0 Å². The van der Waals surface area contributed by atoms with Crippen molar-refractivity contribution in [3.63, 3.8) is 0 Å². The van der Waals surface area contributed by atoms with Gasteiger partial charge in [0.25, 0.3) is 0 Å². The Hall–Kier alpha value is -2.17. The normalized spacial score (nSPS) is 21.2. The lowest BCUT2D eigenvalue weighted by molar-refractivity contribution is 0.0696. The van der Waals surface area contributed by atoms with E-state index in [1.54, 1.807) is 12.1 Å². The fourth-order valence-corrected chi connectivity index (χ4v) is 3.58. The molecular formula is C21H26N2O2. The van der Waals surface area contributed by atoms with Crippen LogP contribution in [0.15, 0.2) is 54.6 Å². The highest BCUT2D eigenvalue weighted by molar-refractivity contribution is 5.87. The molecule has 2 N–H and O–H groups in total. The van der Waals surface area contributed by atoms with Gasteiger partial charge in [-0.2, -0.15) is 0 Å². The van der Waals surface area contributed by atoms with Gasteiger partial charge in [-0.3, -0.25) is 4.90 Å². The molecule has 0 spiro atoms. The van der Waals surface area contributed by atoms with Crippen molar-refractivity contribution in [1.29, 1.82) is 0 Å². The van der Waals surface area contributed by atoms with Crippen LogP contribution in [0.5, 0.6) is 0 Å². The first-order valence-corrected chi connectivity index (χ1v) is 8.93. The first-order valence-electron chi connectivity index (χ1n) is 8.93. The van der Waals surface area contributed by atoms with E-state index in [2.05, 4.69) is 47.5 Å². The summed E-state index contributed by atoms with van der Waals surface area (Å²) < 4.78 is 0. The molecule has 0 aliphatic carbocycles. The van der Waals surface area contributed by atoms with Gasteiger partial charge < -0.3 is 10.4 Å². The van der Waals surface area contributed by atoms with Crippen molar-refractivity contribution in [2.24, 2.45) is 5.92 Å². The van der Waals surface area contributed by atoms with Crippen LogP contribution in [0.1, 0.15) is 34.8 Å². The first-order chi connectivity index (χ1) is 12.1. The smallest absolute Gasteiger partial charge is 0.335 e. The molecule has 1 heterocycles. The average molecular weight is 338 g/mol. The molecule has 0 radical (unpaired) electrons. The van der Waals surface area contributed by atoms with Gasteiger partial charge in [-0.1, -0.05) is 49.4 Å². The van der Waals surface area contributed by atoms with Gasteiger partial charge in [0.05, 0.1) is 5.56 Å². The molecule has 2 atom stereocenters. The van der Waals surface area contributed by atoms with Crippen molar-refractivity contribution >= 4 is 5.97 Å². The van der Waals surface area contributed by atoms with Crippen LogP contribution in [0, 0.1) is 5.92 Å². The number of piperidine rings is 1. The molecule has 2 aromatic carbocycles. The number of hydrogen-bond donors (Lipinski definition) is 2. The lowest BCUT2D eigenvalue weighted by atomic mass is 9.93. The monoisotopic (exact) mass is 338 g/mol. The highest BCUT2D eigenvalue weighted by atomic mass is 16.4. The zero-order valence-electron chi connectivity index (χ0n) is 14.7. The lowest BCUT2D eigenvalue weighted by Crippen LogP contribution is -2.47. The molecule has 2 unspecified atom stereocenters. The third-order valence-electron chi connectivity index (χ3n) is 4.98. The van der Waals surface area contributed by atoms with Crippen LogP contribution in [0.2, 0.25) is 0 Å². The van der Waals surface area contributed by atoms with Crippen LogP contribution in [0.3, 0.4) is 0 Å². The molecule has 132 valence electrons. The van der Waals surface area contributed by atoms with Crippen molar-refractivity contribution in [1.82, 2.24) is 10.2 Å². The summed E-state index contributed by atoms with van der Waals surface area (Å²) in [7, 11) is 0. The van der Waals surface area contributed by atoms with Gasteiger partial charge >= 0.3 is 5.97 Å². The number of rotatable bonds is 6. The molecule has 4 heteroatoms. The van der Waals surface area contributed by atoms with Gasteiger partial charge in [-0.05, 0) is 42.1 Å². The predicted molar refractivity (Wildman–Crippen MR) is 99.5 cm³/mol. The van der Waals surface area contributed by atoms with Crippen molar-refractivity contribution in [2.45, 2.75) is 32.5 Å². The van der Waals surface area contributed by atoms with Gasteiger partial charge in [0.2, 0.25) is 0 Å². The summed E-state index contributed by atoms with van der Waals surface area (Å²) in [5, 5.41) is 12.7. The minimum absolute atomic E-state index is 0.352. The highest BCUT2D eigenvalue weighted by Crippen LogP contribution is 2.19. The van der Waals surface area contributed by atoms with Crippen LogP contribution < -0.4 is 5.32 Å². The van der Waals surface area contributed by atoms with E-state index in [4.69, 9.17) is 5.11 Å². The van der Waals surface area contributed by atoms with Gasteiger partial charge in [-0.25, -0.2) is 4.79 Å². The van der Waals surface area contributed by atoms with E-state index in [0.29, 0.717) is 17.5 Å². The molecule has 1 aliphatic rings. The van der Waals surface area contributed by atoms with Crippen molar-refractivity contribution in [3.8, 4) is 0 Å². The summed E-state index contributed by atoms with van der Waals surface area (Å²) in [6, 6.07) is 18.3. The molecule has 3 rings (SSSR count). The second kappa shape index (κ2) is 8.28. The van der Waals surface area contributed by atoms with E-state index < -0.39 is 5.97 Å². The maximum atomic E-state index is 11.1. The Kier molecular flexibility index (Phi) is 5.84. The van der Waals surface area contributed by atoms with Gasteiger partial charge in [0, 0.05) is 25.7 Å². The Labute approximate surface area is 149 Å². The van der Waals surface area contributed by atoms with E-state index in [-0.39, 0.29) is 0 Å². The standard InChI is InChI=1S/C21H26N2O2/c1-16-14-23(15-17-6-3-2-4-7-17)11-10-20(16)22-13-18-8-5-9-19(12-18)21(24)25/h2-9,12,16,20,22H,10-11,13-15H2,1H3,(H,24,25). The highest BCUT2D eigenvalue weighted by Gasteiger charge is 2.25. The Balaban J connectivity index is 1.50. The predicted octanol–water partition coefficient (Wildman–Crippen LogP) is 3.39. The number of aromatic carboxylic acids is 1. The van der Waals surface area contributed by atoms with Crippen LogP contribution in [-0.2, 0) is 13.1 Å². The van der Waals surface area contributed by atoms with E-state index >= 15 is 0 Å². The Morgan fingerprint density at radius 3 is 2.64 bits per heavy atom. The molecule has 25 heavy (non-hydrogen) atoms. The summed E-state index contributed by atoms with van der Waals surface area (Å²) in [6.45, 7) is 6.20. The molecule has 4 nitrogen and oxygen atoms in total. The molecule has 0 saturated carbocycles. The number of hydrogen-bond acceptors (Lipinski definition) is 3. The minimum atomic E-state index is -0.871. The molecule has 0 bridgehead atoms.